The molecule has 13 heavy (non-hydrogen) atoms. The molecule has 0 aliphatic carbocycles. The third-order valence-corrected chi connectivity index (χ3v) is 1.58. The minimum Gasteiger partial charge on any atom is -0.478 e. The molecule has 0 amide bonds. The first kappa shape index (κ1) is 11.9. The standard InChI is InChI=1S/C7H14N2O4/c1-7(2-3-8,6(11)12)13-5(10)4-9/h2-4,8-9H2,1H3,(H,11,12)/t7-/m0/s1. The van der Waals surface area contributed by atoms with Crippen LogP contribution in [0.4, 0.5) is 0 Å². The largest absolute Gasteiger partial charge is 0.478 e. The summed E-state index contributed by atoms with van der Waals surface area (Å²) in [6.07, 6.45) is 0.0636. The normalized spacial score (nSPS) is 14.7. The molecule has 0 saturated heterocycles. The van der Waals surface area contributed by atoms with Crippen molar-refractivity contribution in [2.24, 2.45) is 11.5 Å². The summed E-state index contributed by atoms with van der Waals surface area (Å²) in [7, 11) is 0. The molecule has 76 valence electrons. The van der Waals surface area contributed by atoms with Crippen LogP contribution in [-0.4, -0.2) is 35.7 Å². The Morgan fingerprint density at radius 1 is 1.46 bits per heavy atom. The number of carbonyl (C=O) groups excluding carboxylic acids is 1. The van der Waals surface area contributed by atoms with Crippen molar-refractivity contribution in [1.29, 1.82) is 0 Å². The van der Waals surface area contributed by atoms with Crippen LogP contribution in [-0.2, 0) is 14.3 Å². The van der Waals surface area contributed by atoms with E-state index in [4.69, 9.17) is 16.6 Å². The van der Waals surface area contributed by atoms with E-state index < -0.39 is 17.5 Å². The number of aliphatic carboxylic acids is 1. The molecule has 1 atom stereocenters. The van der Waals surface area contributed by atoms with E-state index in [0.29, 0.717) is 0 Å². The molecule has 0 aliphatic heterocycles. The Morgan fingerprint density at radius 2 is 2.00 bits per heavy atom. The van der Waals surface area contributed by atoms with Crippen molar-refractivity contribution < 1.29 is 19.4 Å². The van der Waals surface area contributed by atoms with Gasteiger partial charge in [0, 0.05) is 6.42 Å². The molecule has 0 unspecified atom stereocenters. The quantitative estimate of drug-likeness (QED) is 0.463. The van der Waals surface area contributed by atoms with E-state index in [0.717, 1.165) is 0 Å². The Hall–Kier alpha value is -1.14. The monoisotopic (exact) mass is 190 g/mol. The maximum absolute atomic E-state index is 10.8. The predicted octanol–water partition coefficient (Wildman–Crippen LogP) is -1.32. The zero-order chi connectivity index (χ0) is 10.5. The molecule has 0 saturated carbocycles. The van der Waals surface area contributed by atoms with E-state index in [1.54, 1.807) is 0 Å². The molecular formula is C7H14N2O4. The smallest absolute Gasteiger partial charge is 0.347 e. The summed E-state index contributed by atoms with van der Waals surface area (Å²) < 4.78 is 4.65. The molecular weight excluding hydrogens is 176 g/mol. The van der Waals surface area contributed by atoms with Gasteiger partial charge in [-0.05, 0) is 13.5 Å². The highest BCUT2D eigenvalue weighted by Crippen LogP contribution is 2.14. The number of rotatable bonds is 5. The van der Waals surface area contributed by atoms with Crippen LogP contribution in [0, 0.1) is 0 Å². The number of nitrogens with two attached hydrogens (primary N) is 2. The van der Waals surface area contributed by atoms with Gasteiger partial charge < -0.3 is 21.3 Å². The molecule has 0 spiro atoms. The van der Waals surface area contributed by atoms with E-state index in [2.05, 4.69) is 4.74 Å². The summed E-state index contributed by atoms with van der Waals surface area (Å²) in [5, 5.41) is 8.73. The number of ether oxygens (including phenoxy) is 1. The molecule has 0 aromatic rings. The number of carboxylic acids is 1. The summed E-state index contributed by atoms with van der Waals surface area (Å²) in [6, 6.07) is 0. The van der Waals surface area contributed by atoms with Gasteiger partial charge in [0.15, 0.2) is 0 Å². The van der Waals surface area contributed by atoms with E-state index >= 15 is 0 Å². The number of hydrogen-bond donors (Lipinski definition) is 3. The fourth-order valence-corrected chi connectivity index (χ4v) is 0.770. The van der Waals surface area contributed by atoms with Crippen molar-refractivity contribution in [3.05, 3.63) is 0 Å². The van der Waals surface area contributed by atoms with Gasteiger partial charge in [0.2, 0.25) is 5.60 Å². The highest BCUT2D eigenvalue weighted by Gasteiger charge is 2.36. The molecule has 0 fully saturated rings. The van der Waals surface area contributed by atoms with Crippen molar-refractivity contribution in [2.75, 3.05) is 13.1 Å². The third-order valence-electron chi connectivity index (χ3n) is 1.58. The van der Waals surface area contributed by atoms with Gasteiger partial charge in [-0.1, -0.05) is 0 Å². The average molecular weight is 190 g/mol. The predicted molar refractivity (Wildman–Crippen MR) is 44.9 cm³/mol. The van der Waals surface area contributed by atoms with Gasteiger partial charge in [-0.15, -0.1) is 0 Å². The lowest BCUT2D eigenvalue weighted by Gasteiger charge is -2.23. The highest BCUT2D eigenvalue weighted by molar-refractivity contribution is 5.82. The number of hydrogen-bond acceptors (Lipinski definition) is 5. The lowest BCUT2D eigenvalue weighted by atomic mass is 10.0. The van der Waals surface area contributed by atoms with Crippen molar-refractivity contribution in [3.63, 3.8) is 0 Å². The van der Waals surface area contributed by atoms with Crippen molar-refractivity contribution in [3.8, 4) is 0 Å². The maximum atomic E-state index is 10.8. The Bertz CT molecular complexity index is 207. The van der Waals surface area contributed by atoms with Crippen LogP contribution in [0.1, 0.15) is 13.3 Å². The summed E-state index contributed by atoms with van der Waals surface area (Å²) in [5.74, 6) is -1.97. The Labute approximate surface area is 75.8 Å². The summed E-state index contributed by atoms with van der Waals surface area (Å²) >= 11 is 0. The van der Waals surface area contributed by atoms with Crippen molar-refractivity contribution in [1.82, 2.24) is 0 Å². The van der Waals surface area contributed by atoms with Crippen LogP contribution in [0.2, 0.25) is 0 Å². The number of carbonyl (C=O) groups is 2. The Morgan fingerprint density at radius 3 is 2.31 bits per heavy atom. The third kappa shape index (κ3) is 3.39. The molecule has 0 rings (SSSR count). The van der Waals surface area contributed by atoms with E-state index in [1.165, 1.54) is 6.92 Å². The van der Waals surface area contributed by atoms with Crippen LogP contribution >= 0.6 is 0 Å². The summed E-state index contributed by atoms with van der Waals surface area (Å²) in [4.78, 5) is 21.4. The fourth-order valence-electron chi connectivity index (χ4n) is 0.770. The van der Waals surface area contributed by atoms with E-state index in [1.807, 2.05) is 0 Å². The summed E-state index contributed by atoms with van der Waals surface area (Å²) in [5.41, 5.74) is 8.60. The molecule has 0 radical (unpaired) electrons. The summed E-state index contributed by atoms with van der Waals surface area (Å²) in [6.45, 7) is 1.07. The SMILES string of the molecule is C[C@@](CCN)(OC(=O)CN)C(=O)O. The molecule has 5 N–H and O–H groups in total. The van der Waals surface area contributed by atoms with Gasteiger partial charge in [0.25, 0.3) is 0 Å². The first-order valence-electron chi connectivity index (χ1n) is 3.81. The topological polar surface area (TPSA) is 116 Å². The van der Waals surface area contributed by atoms with Crippen LogP contribution in [0.3, 0.4) is 0 Å². The maximum Gasteiger partial charge on any atom is 0.347 e. The Balaban J connectivity index is 4.41. The molecule has 0 heterocycles. The molecule has 6 nitrogen and oxygen atoms in total. The van der Waals surface area contributed by atoms with Crippen molar-refractivity contribution in [2.45, 2.75) is 18.9 Å². The highest BCUT2D eigenvalue weighted by atomic mass is 16.6. The molecule has 0 aromatic carbocycles. The van der Waals surface area contributed by atoms with E-state index in [9.17, 15) is 9.59 Å². The van der Waals surface area contributed by atoms with Gasteiger partial charge in [0.05, 0.1) is 6.54 Å². The lowest BCUT2D eigenvalue weighted by molar-refractivity contribution is -0.176. The second kappa shape index (κ2) is 4.78. The zero-order valence-corrected chi connectivity index (χ0v) is 7.45. The van der Waals surface area contributed by atoms with Gasteiger partial charge in [-0.3, -0.25) is 4.79 Å². The molecule has 0 aliphatic rings. The lowest BCUT2D eigenvalue weighted by Crippen LogP contribution is -2.43. The minimum absolute atomic E-state index is 0.0636. The zero-order valence-electron chi connectivity index (χ0n) is 7.45. The van der Waals surface area contributed by atoms with Gasteiger partial charge >= 0.3 is 11.9 Å². The number of carboxylic acid groups (broad SMARTS) is 1. The second-order valence-corrected chi connectivity index (χ2v) is 2.75. The van der Waals surface area contributed by atoms with Crippen LogP contribution in [0.5, 0.6) is 0 Å². The first-order valence-corrected chi connectivity index (χ1v) is 3.81. The minimum atomic E-state index is -1.56. The van der Waals surface area contributed by atoms with E-state index in [-0.39, 0.29) is 19.5 Å². The van der Waals surface area contributed by atoms with Crippen LogP contribution in [0.25, 0.3) is 0 Å². The van der Waals surface area contributed by atoms with Gasteiger partial charge in [-0.2, -0.15) is 0 Å². The molecule has 6 heteroatoms. The van der Waals surface area contributed by atoms with Crippen molar-refractivity contribution >= 4 is 11.9 Å². The average Bonchev–Trinajstić information content (AvgIpc) is 2.04. The van der Waals surface area contributed by atoms with Gasteiger partial charge in [0.1, 0.15) is 0 Å². The fraction of sp³-hybridized carbons (Fsp3) is 0.714. The van der Waals surface area contributed by atoms with Crippen LogP contribution < -0.4 is 11.5 Å². The Kier molecular flexibility index (Phi) is 4.36. The molecule has 0 bridgehead atoms. The van der Waals surface area contributed by atoms with Gasteiger partial charge in [-0.25, -0.2) is 4.79 Å². The second-order valence-electron chi connectivity index (χ2n) is 2.75. The molecule has 0 aromatic heterocycles. The van der Waals surface area contributed by atoms with Crippen LogP contribution in [0.15, 0.2) is 0 Å². The number of esters is 1. The first-order chi connectivity index (χ1) is 5.96.